The third-order valence-electron chi connectivity index (χ3n) is 4.45. The van der Waals surface area contributed by atoms with Crippen molar-refractivity contribution in [2.45, 2.75) is 24.3 Å². The van der Waals surface area contributed by atoms with Gasteiger partial charge in [0.2, 0.25) is 5.96 Å². The van der Waals surface area contributed by atoms with Crippen LogP contribution in [0.4, 0.5) is 0 Å². The second-order valence-electron chi connectivity index (χ2n) is 6.80. The normalized spacial score (nSPS) is 16.8. The average molecular weight is 404 g/mol. The number of aliphatic imine (C=N–C) groups is 1. The summed E-state index contributed by atoms with van der Waals surface area (Å²) in [5, 5.41) is 0. The molecule has 1 N–H and O–H groups in total. The van der Waals surface area contributed by atoms with Crippen molar-refractivity contribution in [1.29, 1.82) is 0 Å². The summed E-state index contributed by atoms with van der Waals surface area (Å²) < 4.78 is 38.1. The van der Waals surface area contributed by atoms with Gasteiger partial charge in [-0.25, -0.2) is 18.1 Å². The van der Waals surface area contributed by atoms with E-state index >= 15 is 0 Å². The Morgan fingerprint density at radius 1 is 1.14 bits per heavy atom. The maximum absolute atomic E-state index is 12.6. The van der Waals surface area contributed by atoms with E-state index in [-0.39, 0.29) is 17.7 Å². The SMILES string of the molecule is COCOc1ccc(CC2CN(C)C(NS(=O)(=O)c3ccc(C)cc3)=N2)cc1. The average Bonchev–Trinajstić information content (AvgIpc) is 2.99. The molecule has 3 rings (SSSR count). The Labute approximate surface area is 166 Å². The van der Waals surface area contributed by atoms with E-state index in [1.807, 2.05) is 43.1 Å². The molecule has 1 aliphatic rings. The lowest BCUT2D eigenvalue weighted by Crippen LogP contribution is -2.39. The van der Waals surface area contributed by atoms with Crippen molar-refractivity contribution in [2.24, 2.45) is 4.99 Å². The van der Waals surface area contributed by atoms with Crippen LogP contribution in [0.3, 0.4) is 0 Å². The summed E-state index contributed by atoms with van der Waals surface area (Å²) >= 11 is 0. The Balaban J connectivity index is 1.65. The van der Waals surface area contributed by atoms with Crippen molar-refractivity contribution in [2.75, 3.05) is 27.5 Å². The number of ether oxygens (including phenoxy) is 2. The Kier molecular flexibility index (Phi) is 6.21. The summed E-state index contributed by atoms with van der Waals surface area (Å²) in [6.45, 7) is 2.77. The number of rotatable bonds is 7. The molecule has 7 nitrogen and oxygen atoms in total. The van der Waals surface area contributed by atoms with Crippen molar-refractivity contribution >= 4 is 16.0 Å². The molecule has 0 spiro atoms. The van der Waals surface area contributed by atoms with Crippen LogP contribution in [0, 0.1) is 6.92 Å². The Bertz CT molecular complexity index is 925. The Hall–Kier alpha value is -2.58. The fourth-order valence-corrected chi connectivity index (χ4v) is 4.01. The molecule has 1 atom stereocenters. The first-order valence-electron chi connectivity index (χ1n) is 8.96. The van der Waals surface area contributed by atoms with E-state index in [0.29, 0.717) is 18.9 Å². The number of nitrogens with one attached hydrogen (secondary N) is 1. The van der Waals surface area contributed by atoms with Gasteiger partial charge in [0.1, 0.15) is 5.75 Å². The van der Waals surface area contributed by atoms with Gasteiger partial charge in [-0.1, -0.05) is 29.8 Å². The molecule has 1 heterocycles. The van der Waals surface area contributed by atoms with Gasteiger partial charge in [-0.15, -0.1) is 0 Å². The number of nitrogens with zero attached hydrogens (tertiary/aromatic N) is 2. The highest BCUT2D eigenvalue weighted by Gasteiger charge is 2.26. The molecule has 28 heavy (non-hydrogen) atoms. The summed E-state index contributed by atoms with van der Waals surface area (Å²) in [5.41, 5.74) is 2.11. The van der Waals surface area contributed by atoms with Crippen molar-refractivity contribution in [3.63, 3.8) is 0 Å². The number of methoxy groups -OCH3 is 1. The first kappa shape index (κ1) is 20.2. The maximum atomic E-state index is 12.6. The minimum atomic E-state index is -3.65. The summed E-state index contributed by atoms with van der Waals surface area (Å²) in [5.74, 6) is 1.11. The molecule has 0 saturated carbocycles. The van der Waals surface area contributed by atoms with E-state index in [0.717, 1.165) is 16.9 Å². The zero-order valence-electron chi connectivity index (χ0n) is 16.3. The fraction of sp³-hybridized carbons (Fsp3) is 0.350. The molecule has 1 unspecified atom stereocenters. The lowest BCUT2D eigenvalue weighted by atomic mass is 10.1. The quantitative estimate of drug-likeness (QED) is 0.717. The third kappa shape index (κ3) is 5.02. The number of hydrogen-bond donors (Lipinski definition) is 1. The van der Waals surface area contributed by atoms with Crippen LogP contribution in [0.1, 0.15) is 11.1 Å². The largest absolute Gasteiger partial charge is 0.468 e. The zero-order valence-corrected chi connectivity index (χ0v) is 17.1. The van der Waals surface area contributed by atoms with Gasteiger partial charge in [0.25, 0.3) is 10.0 Å². The molecule has 2 aromatic carbocycles. The van der Waals surface area contributed by atoms with E-state index < -0.39 is 10.0 Å². The van der Waals surface area contributed by atoms with Crippen molar-refractivity contribution in [3.05, 3.63) is 59.7 Å². The number of guanidine groups is 1. The highest BCUT2D eigenvalue weighted by atomic mass is 32.2. The second kappa shape index (κ2) is 8.62. The van der Waals surface area contributed by atoms with Crippen LogP contribution in [0.5, 0.6) is 5.75 Å². The smallest absolute Gasteiger partial charge is 0.264 e. The van der Waals surface area contributed by atoms with Gasteiger partial charge in [0.05, 0.1) is 10.9 Å². The van der Waals surface area contributed by atoms with E-state index in [9.17, 15) is 8.42 Å². The van der Waals surface area contributed by atoms with Crippen molar-refractivity contribution < 1.29 is 17.9 Å². The van der Waals surface area contributed by atoms with Crippen LogP contribution in [-0.4, -0.2) is 52.8 Å². The topological polar surface area (TPSA) is 80.2 Å². The fourth-order valence-electron chi connectivity index (χ4n) is 2.95. The molecule has 2 aromatic rings. The minimum absolute atomic E-state index is 0.0218. The van der Waals surface area contributed by atoms with E-state index in [1.54, 1.807) is 31.4 Å². The second-order valence-corrected chi connectivity index (χ2v) is 8.49. The highest BCUT2D eigenvalue weighted by Crippen LogP contribution is 2.18. The molecule has 0 aromatic heterocycles. The van der Waals surface area contributed by atoms with Crippen LogP contribution in [-0.2, 0) is 21.2 Å². The monoisotopic (exact) mass is 403 g/mol. The van der Waals surface area contributed by atoms with Crippen molar-refractivity contribution in [3.8, 4) is 5.75 Å². The number of hydrogen-bond acceptors (Lipinski definition) is 6. The predicted octanol–water partition coefficient (Wildman–Crippen LogP) is 2.17. The Morgan fingerprint density at radius 2 is 1.82 bits per heavy atom. The zero-order chi connectivity index (χ0) is 20.1. The van der Waals surface area contributed by atoms with Crippen LogP contribution >= 0.6 is 0 Å². The molecule has 0 amide bonds. The Morgan fingerprint density at radius 3 is 2.46 bits per heavy atom. The summed E-state index contributed by atoms with van der Waals surface area (Å²) in [7, 11) is -0.246. The van der Waals surface area contributed by atoms with Crippen LogP contribution in [0.15, 0.2) is 58.4 Å². The molecule has 0 fully saturated rings. The van der Waals surface area contributed by atoms with E-state index in [2.05, 4.69) is 9.71 Å². The molecule has 150 valence electrons. The van der Waals surface area contributed by atoms with Gasteiger partial charge in [0, 0.05) is 20.7 Å². The van der Waals surface area contributed by atoms with Crippen molar-refractivity contribution in [1.82, 2.24) is 9.62 Å². The maximum Gasteiger partial charge on any atom is 0.264 e. The van der Waals surface area contributed by atoms with Gasteiger partial charge >= 0.3 is 0 Å². The molecule has 1 aliphatic heterocycles. The minimum Gasteiger partial charge on any atom is -0.468 e. The molecule has 0 aliphatic carbocycles. The molecular formula is C20H25N3O4S. The first-order valence-corrected chi connectivity index (χ1v) is 10.4. The van der Waals surface area contributed by atoms with Crippen LogP contribution < -0.4 is 9.46 Å². The summed E-state index contributed by atoms with van der Waals surface area (Å²) in [6.07, 6.45) is 0.713. The molecule has 0 saturated heterocycles. The van der Waals surface area contributed by atoms with Crippen LogP contribution in [0.2, 0.25) is 0 Å². The molecule has 0 radical (unpaired) electrons. The third-order valence-corrected chi connectivity index (χ3v) is 5.79. The number of likely N-dealkylation sites (N-methyl/N-ethyl adjacent to an activating group) is 1. The summed E-state index contributed by atoms with van der Waals surface area (Å²) in [6, 6.07) is 14.5. The standard InChI is InChI=1S/C20H25N3O4S/c1-15-4-10-19(11-5-15)28(24,25)22-20-21-17(13-23(20)2)12-16-6-8-18(9-7-16)27-14-26-3/h4-11,17H,12-14H2,1-3H3,(H,21,22). The molecular weight excluding hydrogens is 378 g/mol. The van der Waals surface area contributed by atoms with Gasteiger partial charge in [-0.2, -0.15) is 0 Å². The molecule has 8 heteroatoms. The number of sulfonamides is 1. The van der Waals surface area contributed by atoms with Gasteiger partial charge < -0.3 is 14.4 Å². The van der Waals surface area contributed by atoms with E-state index in [4.69, 9.17) is 9.47 Å². The number of benzene rings is 2. The number of aryl methyl sites for hydroxylation is 1. The van der Waals surface area contributed by atoms with Gasteiger partial charge in [-0.05, 0) is 43.2 Å². The lowest BCUT2D eigenvalue weighted by molar-refractivity contribution is 0.0511. The summed E-state index contributed by atoms with van der Waals surface area (Å²) in [4.78, 5) is 6.62. The highest BCUT2D eigenvalue weighted by molar-refractivity contribution is 7.90. The molecule has 0 bridgehead atoms. The van der Waals surface area contributed by atoms with E-state index in [1.165, 1.54) is 0 Å². The van der Waals surface area contributed by atoms with Gasteiger partial charge in [0.15, 0.2) is 6.79 Å². The van der Waals surface area contributed by atoms with Crippen LogP contribution in [0.25, 0.3) is 0 Å². The van der Waals surface area contributed by atoms with Gasteiger partial charge in [-0.3, -0.25) is 0 Å². The lowest BCUT2D eigenvalue weighted by Gasteiger charge is -2.16. The predicted molar refractivity (Wildman–Crippen MR) is 108 cm³/mol. The first-order chi connectivity index (χ1) is 13.4.